The molecule has 4 heteroatoms. The van der Waals surface area contributed by atoms with Crippen LogP contribution in [0.1, 0.15) is 25.0 Å². The topological polar surface area (TPSA) is 43.6 Å². The van der Waals surface area contributed by atoms with Gasteiger partial charge < -0.3 is 4.57 Å². The third-order valence-corrected chi connectivity index (χ3v) is 9.48. The fourth-order valence-corrected chi connectivity index (χ4v) is 7.31. The van der Waals surface area contributed by atoms with Crippen molar-refractivity contribution in [3.8, 4) is 50.7 Å². The Bertz CT molecular complexity index is 2440. The summed E-state index contributed by atoms with van der Waals surface area (Å²) in [5.41, 5.74) is 13.2. The maximum Gasteiger partial charge on any atom is 0.160 e. The summed E-state index contributed by atoms with van der Waals surface area (Å²) >= 11 is 0. The Hall–Kier alpha value is -5.87. The van der Waals surface area contributed by atoms with Crippen LogP contribution in [0.5, 0.6) is 0 Å². The molecule has 0 amide bonds. The summed E-state index contributed by atoms with van der Waals surface area (Å²) < 4.78 is 2.36. The van der Waals surface area contributed by atoms with Crippen molar-refractivity contribution in [2.45, 2.75) is 19.3 Å². The molecule has 0 bridgehead atoms. The van der Waals surface area contributed by atoms with Crippen LogP contribution in [0, 0.1) is 0 Å². The predicted molar refractivity (Wildman–Crippen MR) is 188 cm³/mol. The zero-order chi connectivity index (χ0) is 30.8. The molecule has 0 N–H and O–H groups in total. The van der Waals surface area contributed by atoms with Gasteiger partial charge in [-0.2, -0.15) is 0 Å². The predicted octanol–water partition coefficient (Wildman–Crippen LogP) is 10.3. The number of fused-ring (bicyclic) bond motifs is 6. The Morgan fingerprint density at radius 2 is 1.24 bits per heavy atom. The lowest BCUT2D eigenvalue weighted by Gasteiger charge is -2.24. The zero-order valence-corrected chi connectivity index (χ0v) is 25.6. The monoisotopic (exact) mass is 590 g/mol. The molecular formula is C42H30N4. The molecule has 1 aliphatic rings. The van der Waals surface area contributed by atoms with E-state index < -0.39 is 0 Å². The quantitative estimate of drug-likeness (QED) is 0.205. The highest BCUT2D eigenvalue weighted by molar-refractivity contribution is 6.10. The average molecular weight is 591 g/mol. The number of hydrogen-bond donors (Lipinski definition) is 0. The molecular weight excluding hydrogens is 560 g/mol. The van der Waals surface area contributed by atoms with Crippen molar-refractivity contribution in [3.63, 3.8) is 0 Å². The molecule has 0 saturated heterocycles. The maximum absolute atomic E-state index is 5.42. The normalized spacial score (nSPS) is 13.2. The summed E-state index contributed by atoms with van der Waals surface area (Å²) in [6, 6.07) is 47.3. The highest BCUT2D eigenvalue weighted by atomic mass is 15.0. The van der Waals surface area contributed by atoms with Crippen molar-refractivity contribution < 1.29 is 0 Å². The van der Waals surface area contributed by atoms with Crippen LogP contribution in [0.3, 0.4) is 0 Å². The highest BCUT2D eigenvalue weighted by Gasteiger charge is 2.40. The molecule has 218 valence electrons. The van der Waals surface area contributed by atoms with Gasteiger partial charge in [0.05, 0.1) is 22.4 Å². The fraction of sp³-hybridized carbons (Fsp3) is 0.0714. The average Bonchev–Trinajstić information content (AvgIpc) is 3.57. The van der Waals surface area contributed by atoms with Crippen molar-refractivity contribution in [2.24, 2.45) is 0 Å². The second-order valence-electron chi connectivity index (χ2n) is 12.5. The SMILES string of the molecule is CC1(C)c2ccccc2-c2nc(-c3cccc(-c4ccncc4)c3)nc(-c3ccc4c(c3)c3ccccc3n4-c3ccccc3)c21. The molecule has 5 aromatic carbocycles. The molecule has 46 heavy (non-hydrogen) atoms. The van der Waals surface area contributed by atoms with E-state index in [-0.39, 0.29) is 5.41 Å². The maximum atomic E-state index is 5.42. The second-order valence-corrected chi connectivity index (χ2v) is 12.5. The van der Waals surface area contributed by atoms with Gasteiger partial charge in [0, 0.05) is 56.5 Å². The largest absolute Gasteiger partial charge is 0.309 e. The minimum absolute atomic E-state index is 0.258. The van der Waals surface area contributed by atoms with Gasteiger partial charge in [0.15, 0.2) is 5.82 Å². The van der Waals surface area contributed by atoms with Gasteiger partial charge in [-0.15, -0.1) is 0 Å². The van der Waals surface area contributed by atoms with Crippen LogP contribution in [0.4, 0.5) is 0 Å². The molecule has 0 fully saturated rings. The van der Waals surface area contributed by atoms with Crippen LogP contribution in [0.15, 0.2) is 146 Å². The van der Waals surface area contributed by atoms with E-state index in [9.17, 15) is 0 Å². The number of hydrogen-bond acceptors (Lipinski definition) is 3. The Morgan fingerprint density at radius 1 is 0.522 bits per heavy atom. The Balaban J connectivity index is 1.31. The Labute approximate surface area is 267 Å². The summed E-state index contributed by atoms with van der Waals surface area (Å²) in [5.74, 6) is 0.726. The number of para-hydroxylation sites is 2. The lowest BCUT2D eigenvalue weighted by molar-refractivity contribution is 0.658. The smallest absolute Gasteiger partial charge is 0.160 e. The molecule has 4 nitrogen and oxygen atoms in total. The molecule has 9 rings (SSSR count). The summed E-state index contributed by atoms with van der Waals surface area (Å²) in [7, 11) is 0. The van der Waals surface area contributed by atoms with Gasteiger partial charge in [-0.25, -0.2) is 9.97 Å². The van der Waals surface area contributed by atoms with Crippen molar-refractivity contribution in [2.75, 3.05) is 0 Å². The van der Waals surface area contributed by atoms with E-state index in [2.05, 4.69) is 145 Å². The minimum Gasteiger partial charge on any atom is -0.309 e. The first-order valence-corrected chi connectivity index (χ1v) is 15.7. The number of nitrogens with zero attached hydrogens (tertiary/aromatic N) is 4. The van der Waals surface area contributed by atoms with E-state index in [1.807, 2.05) is 24.5 Å². The van der Waals surface area contributed by atoms with Crippen LogP contribution < -0.4 is 0 Å². The summed E-state index contributed by atoms with van der Waals surface area (Å²) in [6.07, 6.45) is 3.66. The zero-order valence-electron chi connectivity index (χ0n) is 25.6. The third kappa shape index (κ3) is 3.97. The van der Waals surface area contributed by atoms with Gasteiger partial charge >= 0.3 is 0 Å². The molecule has 0 radical (unpaired) electrons. The molecule has 0 spiro atoms. The van der Waals surface area contributed by atoms with Gasteiger partial charge in [0.1, 0.15) is 0 Å². The van der Waals surface area contributed by atoms with Crippen molar-refractivity contribution in [1.82, 2.24) is 19.5 Å². The van der Waals surface area contributed by atoms with Gasteiger partial charge in [0.2, 0.25) is 0 Å². The van der Waals surface area contributed by atoms with E-state index in [0.29, 0.717) is 0 Å². The molecule has 0 saturated carbocycles. The van der Waals surface area contributed by atoms with Gasteiger partial charge in [-0.05, 0) is 65.2 Å². The Morgan fingerprint density at radius 3 is 2.11 bits per heavy atom. The highest BCUT2D eigenvalue weighted by Crippen LogP contribution is 2.51. The van der Waals surface area contributed by atoms with Crippen LogP contribution in [-0.4, -0.2) is 19.5 Å². The number of benzene rings is 5. The molecule has 3 aromatic heterocycles. The molecule has 3 heterocycles. The van der Waals surface area contributed by atoms with E-state index in [1.165, 1.54) is 38.5 Å². The molecule has 8 aromatic rings. The number of rotatable bonds is 4. The first-order chi connectivity index (χ1) is 22.6. The van der Waals surface area contributed by atoms with E-state index in [0.717, 1.165) is 45.2 Å². The lowest BCUT2D eigenvalue weighted by atomic mass is 9.80. The van der Waals surface area contributed by atoms with Gasteiger partial charge in [-0.3, -0.25) is 4.98 Å². The van der Waals surface area contributed by atoms with Crippen molar-refractivity contribution >= 4 is 21.8 Å². The van der Waals surface area contributed by atoms with Crippen molar-refractivity contribution in [1.29, 1.82) is 0 Å². The standard InChI is InChI=1S/C42H30N4/c1-42(2)35-17-8-6-16-33(35)40-38(42)39(44-41(45-40)30-12-10-11-28(25-30)27-21-23-43-24-22-27)29-19-20-37-34(26-29)32-15-7-9-18-36(32)46(37)31-13-4-3-5-14-31/h3-26H,1-2H3. The van der Waals surface area contributed by atoms with Crippen LogP contribution >= 0.6 is 0 Å². The number of aromatic nitrogens is 4. The molecule has 1 aliphatic carbocycles. The van der Waals surface area contributed by atoms with Gasteiger partial charge in [0.25, 0.3) is 0 Å². The van der Waals surface area contributed by atoms with E-state index >= 15 is 0 Å². The van der Waals surface area contributed by atoms with Crippen LogP contribution in [-0.2, 0) is 5.41 Å². The summed E-state index contributed by atoms with van der Waals surface area (Å²) in [4.78, 5) is 14.9. The lowest BCUT2D eigenvalue weighted by Crippen LogP contribution is -2.17. The van der Waals surface area contributed by atoms with Gasteiger partial charge in [-0.1, -0.05) is 98.8 Å². The summed E-state index contributed by atoms with van der Waals surface area (Å²) in [5, 5.41) is 2.43. The van der Waals surface area contributed by atoms with E-state index in [1.54, 1.807) is 0 Å². The minimum atomic E-state index is -0.258. The third-order valence-electron chi connectivity index (χ3n) is 9.48. The molecule has 0 unspecified atom stereocenters. The van der Waals surface area contributed by atoms with Crippen molar-refractivity contribution in [3.05, 3.63) is 157 Å². The molecule has 0 atom stereocenters. The second kappa shape index (κ2) is 10.1. The first kappa shape index (κ1) is 26.5. The molecule has 0 aliphatic heterocycles. The summed E-state index contributed by atoms with van der Waals surface area (Å²) in [6.45, 7) is 4.60. The van der Waals surface area contributed by atoms with E-state index in [4.69, 9.17) is 9.97 Å². The van der Waals surface area contributed by atoms with Crippen LogP contribution in [0.2, 0.25) is 0 Å². The first-order valence-electron chi connectivity index (χ1n) is 15.7. The number of pyridine rings is 1. The van der Waals surface area contributed by atoms with Crippen LogP contribution in [0.25, 0.3) is 72.5 Å². The fourth-order valence-electron chi connectivity index (χ4n) is 7.31. The Kier molecular flexibility index (Phi) is 5.81.